The number of amidine groups is 1. The number of rotatable bonds is 7. The third-order valence-corrected chi connectivity index (χ3v) is 6.27. The van der Waals surface area contributed by atoms with Crippen molar-refractivity contribution in [1.82, 2.24) is 5.32 Å². The summed E-state index contributed by atoms with van der Waals surface area (Å²) in [6, 6.07) is 20.7. The van der Waals surface area contributed by atoms with Crippen LogP contribution in [0.15, 0.2) is 81.1 Å². The molecule has 0 saturated carbocycles. The van der Waals surface area contributed by atoms with Crippen molar-refractivity contribution in [1.29, 1.82) is 0 Å². The zero-order valence-electron chi connectivity index (χ0n) is 17.7. The van der Waals surface area contributed by atoms with E-state index >= 15 is 0 Å². The number of nitrogens with zero attached hydrogens (tertiary/aromatic N) is 1. The molecule has 0 atom stereocenters. The van der Waals surface area contributed by atoms with E-state index in [0.29, 0.717) is 39.8 Å². The van der Waals surface area contributed by atoms with Crippen molar-refractivity contribution in [2.45, 2.75) is 13.5 Å². The van der Waals surface area contributed by atoms with Crippen LogP contribution in [0, 0.1) is 0 Å². The summed E-state index contributed by atoms with van der Waals surface area (Å²) in [6.45, 7) is 2.81. The Morgan fingerprint density at radius 1 is 1.03 bits per heavy atom. The Balaban J connectivity index is 1.49. The topological polar surface area (TPSA) is 59.9 Å². The van der Waals surface area contributed by atoms with Gasteiger partial charge in [-0.1, -0.05) is 45.7 Å². The molecule has 1 N–H and O–H groups in total. The highest BCUT2D eigenvalue weighted by Crippen LogP contribution is 2.33. The first kappa shape index (κ1) is 23.4. The highest BCUT2D eigenvalue weighted by molar-refractivity contribution is 9.10. The number of benzene rings is 3. The average Bonchev–Trinajstić information content (AvgIpc) is 3.14. The molecule has 3 aromatic carbocycles. The Morgan fingerprint density at radius 3 is 2.52 bits per heavy atom. The maximum atomic E-state index is 12.4. The fourth-order valence-electron chi connectivity index (χ4n) is 3.01. The molecule has 0 spiro atoms. The second kappa shape index (κ2) is 10.9. The van der Waals surface area contributed by atoms with Crippen molar-refractivity contribution < 1.29 is 14.3 Å². The second-order valence-corrected chi connectivity index (χ2v) is 9.40. The van der Waals surface area contributed by atoms with Crippen LogP contribution in [0.2, 0.25) is 5.02 Å². The Labute approximate surface area is 210 Å². The van der Waals surface area contributed by atoms with Crippen molar-refractivity contribution in [3.63, 3.8) is 0 Å². The van der Waals surface area contributed by atoms with Crippen LogP contribution in [0.5, 0.6) is 11.5 Å². The molecule has 1 heterocycles. The third kappa shape index (κ3) is 6.41. The van der Waals surface area contributed by atoms with Gasteiger partial charge in [-0.25, -0.2) is 4.99 Å². The summed E-state index contributed by atoms with van der Waals surface area (Å²) >= 11 is 10.6. The Hall–Kier alpha value is -2.74. The molecular weight excluding hydrogens is 524 g/mol. The second-order valence-electron chi connectivity index (χ2n) is 7.01. The zero-order chi connectivity index (χ0) is 23.2. The van der Waals surface area contributed by atoms with E-state index in [1.54, 1.807) is 0 Å². The van der Waals surface area contributed by atoms with Gasteiger partial charge in [-0.3, -0.25) is 4.79 Å². The Kier molecular flexibility index (Phi) is 7.75. The first-order valence-corrected chi connectivity index (χ1v) is 12.2. The maximum Gasteiger partial charge on any atom is 0.264 e. The van der Waals surface area contributed by atoms with Crippen LogP contribution in [0.25, 0.3) is 6.08 Å². The average molecular weight is 544 g/mol. The van der Waals surface area contributed by atoms with E-state index in [1.165, 1.54) is 11.8 Å². The van der Waals surface area contributed by atoms with Gasteiger partial charge in [-0.2, -0.15) is 0 Å². The Morgan fingerprint density at radius 2 is 1.79 bits per heavy atom. The summed E-state index contributed by atoms with van der Waals surface area (Å²) in [7, 11) is 0. The van der Waals surface area contributed by atoms with Gasteiger partial charge in [0.15, 0.2) is 16.7 Å². The van der Waals surface area contributed by atoms with Gasteiger partial charge in [-0.05, 0) is 84.4 Å². The molecule has 8 heteroatoms. The molecule has 168 valence electrons. The van der Waals surface area contributed by atoms with Crippen LogP contribution in [0.4, 0.5) is 5.69 Å². The minimum absolute atomic E-state index is 0.183. The van der Waals surface area contributed by atoms with Gasteiger partial charge in [-0.15, -0.1) is 0 Å². The number of carbonyl (C=O) groups excluding carboxylic acids is 1. The molecule has 1 aliphatic heterocycles. The molecule has 3 aromatic rings. The summed E-state index contributed by atoms with van der Waals surface area (Å²) in [5, 5.41) is 4.04. The predicted molar refractivity (Wildman–Crippen MR) is 138 cm³/mol. The SMILES string of the molecule is CCOc1cc(/C=C2\SC(=Nc3ccc(Br)cc3)NC2=O)ccc1OCc1ccc(Cl)cc1. The molecule has 0 unspecified atom stereocenters. The molecule has 0 aromatic heterocycles. The molecule has 1 saturated heterocycles. The molecule has 33 heavy (non-hydrogen) atoms. The molecule has 0 radical (unpaired) electrons. The minimum Gasteiger partial charge on any atom is -0.490 e. The lowest BCUT2D eigenvalue weighted by atomic mass is 10.2. The molecular formula is C25H20BrClN2O3S. The summed E-state index contributed by atoms with van der Waals surface area (Å²) < 4.78 is 12.7. The van der Waals surface area contributed by atoms with Crippen LogP contribution < -0.4 is 14.8 Å². The van der Waals surface area contributed by atoms with Crippen molar-refractivity contribution in [3.8, 4) is 11.5 Å². The van der Waals surface area contributed by atoms with Gasteiger partial charge in [0.05, 0.1) is 17.2 Å². The molecule has 0 aliphatic carbocycles. The van der Waals surface area contributed by atoms with Crippen molar-refractivity contribution in [2.24, 2.45) is 4.99 Å². The van der Waals surface area contributed by atoms with Crippen LogP contribution in [-0.2, 0) is 11.4 Å². The molecule has 1 fully saturated rings. The summed E-state index contributed by atoms with van der Waals surface area (Å²) in [5.74, 6) is 1.07. The summed E-state index contributed by atoms with van der Waals surface area (Å²) in [5.41, 5.74) is 2.60. The standard InChI is InChI=1S/C25H20BrClN2O3S/c1-2-31-22-13-17(5-12-21(22)32-15-16-3-8-19(27)9-4-16)14-23-24(30)29-25(33-23)28-20-10-6-18(26)7-11-20/h3-14H,2,15H2,1H3,(H,28,29,30)/b23-14-. The number of nitrogens with one attached hydrogen (secondary N) is 1. The van der Waals surface area contributed by atoms with E-state index in [-0.39, 0.29) is 5.91 Å². The minimum atomic E-state index is -0.183. The number of amides is 1. The molecule has 0 bridgehead atoms. The zero-order valence-corrected chi connectivity index (χ0v) is 20.8. The van der Waals surface area contributed by atoms with Crippen molar-refractivity contribution >= 4 is 62.1 Å². The van der Waals surface area contributed by atoms with Gasteiger partial charge in [0, 0.05) is 9.50 Å². The first-order chi connectivity index (χ1) is 16.0. The lowest BCUT2D eigenvalue weighted by Crippen LogP contribution is -2.19. The van der Waals surface area contributed by atoms with Crippen LogP contribution in [0.3, 0.4) is 0 Å². The number of aliphatic imine (C=N–C) groups is 1. The number of thioether (sulfide) groups is 1. The lowest BCUT2D eigenvalue weighted by molar-refractivity contribution is -0.115. The summed E-state index contributed by atoms with van der Waals surface area (Å²) in [6.07, 6.45) is 1.82. The number of hydrogen-bond acceptors (Lipinski definition) is 5. The normalized spacial score (nSPS) is 15.7. The quantitative estimate of drug-likeness (QED) is 0.327. The van der Waals surface area contributed by atoms with Crippen LogP contribution in [-0.4, -0.2) is 17.7 Å². The fourth-order valence-corrected chi connectivity index (χ4v) is 4.24. The van der Waals surface area contributed by atoms with Gasteiger partial charge < -0.3 is 14.8 Å². The molecule has 1 aliphatic rings. The van der Waals surface area contributed by atoms with Gasteiger partial charge >= 0.3 is 0 Å². The smallest absolute Gasteiger partial charge is 0.264 e. The first-order valence-electron chi connectivity index (χ1n) is 10.2. The van der Waals surface area contributed by atoms with Crippen molar-refractivity contribution in [3.05, 3.63) is 92.3 Å². The molecule has 1 amide bonds. The van der Waals surface area contributed by atoms with E-state index in [9.17, 15) is 4.79 Å². The number of carbonyl (C=O) groups is 1. The van der Waals surface area contributed by atoms with E-state index in [4.69, 9.17) is 21.1 Å². The fraction of sp³-hybridized carbons (Fsp3) is 0.120. The van der Waals surface area contributed by atoms with Gasteiger partial charge in [0.2, 0.25) is 0 Å². The van der Waals surface area contributed by atoms with Crippen LogP contribution >= 0.6 is 39.3 Å². The van der Waals surface area contributed by atoms with E-state index < -0.39 is 0 Å². The van der Waals surface area contributed by atoms with Gasteiger partial charge in [0.1, 0.15) is 6.61 Å². The van der Waals surface area contributed by atoms with Crippen molar-refractivity contribution in [2.75, 3.05) is 6.61 Å². The van der Waals surface area contributed by atoms with E-state index in [2.05, 4.69) is 26.2 Å². The largest absolute Gasteiger partial charge is 0.490 e. The van der Waals surface area contributed by atoms with E-state index in [0.717, 1.165) is 21.3 Å². The number of hydrogen-bond donors (Lipinski definition) is 1. The lowest BCUT2D eigenvalue weighted by Gasteiger charge is -2.13. The Bertz CT molecular complexity index is 1210. The van der Waals surface area contributed by atoms with E-state index in [1.807, 2.05) is 79.7 Å². The maximum absolute atomic E-state index is 12.4. The van der Waals surface area contributed by atoms with Gasteiger partial charge in [0.25, 0.3) is 5.91 Å². The highest BCUT2D eigenvalue weighted by Gasteiger charge is 2.24. The highest BCUT2D eigenvalue weighted by atomic mass is 79.9. The molecule has 5 nitrogen and oxygen atoms in total. The monoisotopic (exact) mass is 542 g/mol. The predicted octanol–water partition coefficient (Wildman–Crippen LogP) is 6.97. The summed E-state index contributed by atoms with van der Waals surface area (Å²) in [4.78, 5) is 17.5. The van der Waals surface area contributed by atoms with Crippen LogP contribution in [0.1, 0.15) is 18.1 Å². The molecule has 4 rings (SSSR count). The third-order valence-electron chi connectivity index (χ3n) is 4.58. The number of ether oxygens (including phenoxy) is 2. The number of halogens is 2.